The Balaban J connectivity index is 2.83. The Morgan fingerprint density at radius 3 is 2.79 bits per heavy atom. The molecule has 0 saturated carbocycles. The van der Waals surface area contributed by atoms with Gasteiger partial charge in [-0.05, 0) is 40.6 Å². The summed E-state index contributed by atoms with van der Waals surface area (Å²) in [5, 5.41) is 5.06. The number of hydrogen-bond donors (Lipinski definition) is 0. The molecule has 14 heavy (non-hydrogen) atoms. The fourth-order valence-electron chi connectivity index (χ4n) is 1.56. The lowest BCUT2D eigenvalue weighted by Gasteiger charge is -2.02. The average Bonchev–Trinajstić information content (AvgIpc) is 2.42. The third-order valence-electron chi connectivity index (χ3n) is 2.18. The van der Waals surface area contributed by atoms with Crippen molar-refractivity contribution in [2.24, 2.45) is 0 Å². The molecule has 0 saturated heterocycles. The van der Waals surface area contributed by atoms with Crippen molar-refractivity contribution in [2.45, 2.75) is 19.8 Å². The predicted octanol–water partition coefficient (Wildman–Crippen LogP) is 3.72. The summed E-state index contributed by atoms with van der Waals surface area (Å²) >= 11 is 8.30. The summed E-state index contributed by atoms with van der Waals surface area (Å²) in [6.07, 6.45) is 0. The van der Waals surface area contributed by atoms with Crippen molar-refractivity contribution in [1.82, 2.24) is 9.61 Å². The van der Waals surface area contributed by atoms with Crippen molar-refractivity contribution in [3.8, 4) is 0 Å². The van der Waals surface area contributed by atoms with Crippen molar-refractivity contribution in [3.63, 3.8) is 0 Å². The van der Waals surface area contributed by atoms with Crippen LogP contribution >= 0.6 is 34.2 Å². The topological polar surface area (TPSA) is 17.3 Å². The van der Waals surface area contributed by atoms with Crippen LogP contribution in [0, 0.1) is 3.70 Å². The number of fused-ring (bicyclic) bond motifs is 1. The Morgan fingerprint density at radius 1 is 1.43 bits per heavy atom. The molecule has 0 aliphatic carbocycles. The second kappa shape index (κ2) is 3.70. The Labute approximate surface area is 101 Å². The number of hydrogen-bond acceptors (Lipinski definition) is 1. The van der Waals surface area contributed by atoms with Gasteiger partial charge in [0.2, 0.25) is 0 Å². The number of pyridine rings is 1. The van der Waals surface area contributed by atoms with Gasteiger partial charge in [0, 0.05) is 5.56 Å². The lowest BCUT2D eigenvalue weighted by Crippen LogP contribution is -1.89. The zero-order valence-electron chi connectivity index (χ0n) is 7.96. The molecule has 2 heterocycles. The van der Waals surface area contributed by atoms with E-state index in [1.54, 1.807) is 4.52 Å². The molecule has 0 atom stereocenters. The highest BCUT2D eigenvalue weighted by Crippen LogP contribution is 2.27. The normalized spacial score (nSPS) is 11.5. The molecule has 0 aliphatic rings. The molecule has 4 heteroatoms. The molecular formula is C10H10ClIN2. The maximum atomic E-state index is 6.04. The van der Waals surface area contributed by atoms with Crippen LogP contribution in [0.4, 0.5) is 0 Å². The van der Waals surface area contributed by atoms with Gasteiger partial charge in [-0.15, -0.1) is 0 Å². The second-order valence-electron chi connectivity index (χ2n) is 3.50. The smallest absolute Gasteiger partial charge is 0.131 e. The fraction of sp³-hybridized carbons (Fsp3) is 0.300. The number of rotatable bonds is 1. The van der Waals surface area contributed by atoms with E-state index in [0.717, 1.165) is 9.22 Å². The molecule has 0 spiro atoms. The first-order valence-corrected chi connectivity index (χ1v) is 5.89. The lowest BCUT2D eigenvalue weighted by atomic mass is 10.1. The quantitative estimate of drug-likeness (QED) is 0.578. The van der Waals surface area contributed by atoms with E-state index in [-0.39, 0.29) is 0 Å². The minimum Gasteiger partial charge on any atom is -0.221 e. The maximum absolute atomic E-state index is 6.04. The molecule has 0 aliphatic heterocycles. The highest BCUT2D eigenvalue weighted by atomic mass is 127. The van der Waals surface area contributed by atoms with E-state index in [9.17, 15) is 0 Å². The minimum atomic E-state index is 0.470. The standard InChI is InChI=1S/C10H10ClIN2/c1-6(2)9-7-4-3-5-8(11)14(7)13-10(9)12/h3-6H,1-2H3. The van der Waals surface area contributed by atoms with E-state index in [1.165, 1.54) is 5.56 Å². The highest BCUT2D eigenvalue weighted by Gasteiger charge is 2.14. The summed E-state index contributed by atoms with van der Waals surface area (Å²) in [5.74, 6) is 0.470. The van der Waals surface area contributed by atoms with Gasteiger partial charge in [0.15, 0.2) is 0 Å². The van der Waals surface area contributed by atoms with Gasteiger partial charge in [-0.2, -0.15) is 5.10 Å². The van der Waals surface area contributed by atoms with Gasteiger partial charge in [0.1, 0.15) is 8.85 Å². The van der Waals surface area contributed by atoms with Gasteiger partial charge >= 0.3 is 0 Å². The monoisotopic (exact) mass is 320 g/mol. The Hall–Kier alpha value is -0.290. The van der Waals surface area contributed by atoms with Crippen LogP contribution in [0.5, 0.6) is 0 Å². The van der Waals surface area contributed by atoms with Gasteiger partial charge in [-0.1, -0.05) is 31.5 Å². The van der Waals surface area contributed by atoms with Crippen LogP contribution in [0.2, 0.25) is 5.15 Å². The molecule has 0 amide bonds. The first-order valence-electron chi connectivity index (χ1n) is 4.44. The van der Waals surface area contributed by atoms with E-state index in [4.69, 9.17) is 11.6 Å². The molecule has 0 aromatic carbocycles. The minimum absolute atomic E-state index is 0.470. The van der Waals surface area contributed by atoms with Crippen LogP contribution < -0.4 is 0 Å². The van der Waals surface area contributed by atoms with Crippen molar-refractivity contribution < 1.29 is 0 Å². The van der Waals surface area contributed by atoms with E-state index < -0.39 is 0 Å². The van der Waals surface area contributed by atoms with E-state index in [0.29, 0.717) is 11.1 Å². The average molecular weight is 321 g/mol. The Morgan fingerprint density at radius 2 is 2.14 bits per heavy atom. The number of nitrogens with zero attached hydrogens (tertiary/aromatic N) is 2. The molecule has 74 valence electrons. The molecule has 2 nitrogen and oxygen atoms in total. The van der Waals surface area contributed by atoms with E-state index in [1.807, 2.05) is 12.1 Å². The number of aromatic nitrogens is 2. The predicted molar refractivity (Wildman–Crippen MR) is 67.0 cm³/mol. The third kappa shape index (κ3) is 1.52. The third-order valence-corrected chi connectivity index (χ3v) is 3.26. The maximum Gasteiger partial charge on any atom is 0.131 e. The molecule has 0 radical (unpaired) electrons. The first-order chi connectivity index (χ1) is 6.61. The summed E-state index contributed by atoms with van der Waals surface area (Å²) in [5.41, 5.74) is 2.38. The molecule has 2 rings (SSSR count). The van der Waals surface area contributed by atoms with Crippen LogP contribution in [0.1, 0.15) is 25.3 Å². The van der Waals surface area contributed by atoms with Crippen LogP contribution in [0.25, 0.3) is 5.52 Å². The summed E-state index contributed by atoms with van der Waals surface area (Å²) in [4.78, 5) is 0. The molecule has 2 aromatic heterocycles. The fourth-order valence-corrected chi connectivity index (χ4v) is 2.88. The second-order valence-corrected chi connectivity index (χ2v) is 4.91. The van der Waals surface area contributed by atoms with Crippen LogP contribution in [-0.4, -0.2) is 9.61 Å². The largest absolute Gasteiger partial charge is 0.221 e. The van der Waals surface area contributed by atoms with Gasteiger partial charge < -0.3 is 0 Å². The van der Waals surface area contributed by atoms with Crippen LogP contribution in [0.15, 0.2) is 18.2 Å². The van der Waals surface area contributed by atoms with Crippen molar-refractivity contribution >= 4 is 39.7 Å². The summed E-state index contributed by atoms with van der Waals surface area (Å²) in [7, 11) is 0. The van der Waals surface area contributed by atoms with Gasteiger partial charge in [0.05, 0.1) is 5.52 Å². The molecule has 2 aromatic rings. The van der Waals surface area contributed by atoms with E-state index >= 15 is 0 Å². The van der Waals surface area contributed by atoms with Gasteiger partial charge in [-0.25, -0.2) is 4.52 Å². The summed E-state index contributed by atoms with van der Waals surface area (Å²) < 4.78 is 2.82. The number of halogens is 2. The summed E-state index contributed by atoms with van der Waals surface area (Å²) in [6, 6.07) is 5.86. The zero-order chi connectivity index (χ0) is 10.3. The van der Waals surface area contributed by atoms with Gasteiger partial charge in [-0.3, -0.25) is 0 Å². The summed E-state index contributed by atoms with van der Waals surface area (Å²) in [6.45, 7) is 4.33. The Kier molecular flexibility index (Phi) is 2.70. The molecule has 0 unspecified atom stereocenters. The van der Waals surface area contributed by atoms with Crippen LogP contribution in [0.3, 0.4) is 0 Å². The van der Waals surface area contributed by atoms with Crippen molar-refractivity contribution in [2.75, 3.05) is 0 Å². The molecular weight excluding hydrogens is 310 g/mol. The molecule has 0 bridgehead atoms. The Bertz CT molecular complexity index is 476. The van der Waals surface area contributed by atoms with Gasteiger partial charge in [0.25, 0.3) is 0 Å². The molecule has 0 N–H and O–H groups in total. The van der Waals surface area contributed by atoms with Crippen molar-refractivity contribution in [3.05, 3.63) is 32.6 Å². The zero-order valence-corrected chi connectivity index (χ0v) is 10.9. The first kappa shape index (κ1) is 10.2. The van der Waals surface area contributed by atoms with E-state index in [2.05, 4.69) is 47.6 Å². The highest BCUT2D eigenvalue weighted by molar-refractivity contribution is 14.1. The molecule has 0 fully saturated rings. The van der Waals surface area contributed by atoms with Crippen LogP contribution in [-0.2, 0) is 0 Å². The van der Waals surface area contributed by atoms with Crippen molar-refractivity contribution in [1.29, 1.82) is 0 Å². The lowest BCUT2D eigenvalue weighted by molar-refractivity contribution is 0.867. The SMILES string of the molecule is CC(C)c1c(I)nn2c(Cl)cccc12.